The van der Waals surface area contributed by atoms with Gasteiger partial charge in [0.25, 0.3) is 0 Å². The quantitative estimate of drug-likeness (QED) is 0.772. The molecular formula is C21H20O5. The molecule has 134 valence electrons. The summed E-state index contributed by atoms with van der Waals surface area (Å²) in [7, 11) is 0. The summed E-state index contributed by atoms with van der Waals surface area (Å²) in [6.07, 6.45) is -1.17. The van der Waals surface area contributed by atoms with Gasteiger partial charge in [-0.25, -0.2) is 9.59 Å². The van der Waals surface area contributed by atoms with Crippen molar-refractivity contribution < 1.29 is 23.8 Å². The monoisotopic (exact) mass is 352 g/mol. The Morgan fingerprint density at radius 1 is 0.923 bits per heavy atom. The number of para-hydroxylation sites is 1. The first-order valence-electron chi connectivity index (χ1n) is 8.56. The second kappa shape index (κ2) is 7.87. The molecule has 1 heterocycles. The smallest absolute Gasteiger partial charge is 0.352 e. The zero-order chi connectivity index (χ0) is 18.5. The van der Waals surface area contributed by atoms with Gasteiger partial charge >= 0.3 is 11.9 Å². The summed E-state index contributed by atoms with van der Waals surface area (Å²) in [5.74, 6) is -0.671. The number of hydrogen-bond donors (Lipinski definition) is 0. The molecule has 0 spiro atoms. The third-order valence-electron chi connectivity index (χ3n) is 3.99. The van der Waals surface area contributed by atoms with Crippen molar-refractivity contribution in [2.45, 2.75) is 20.0 Å². The van der Waals surface area contributed by atoms with Crippen LogP contribution in [-0.4, -0.2) is 31.3 Å². The van der Waals surface area contributed by atoms with Crippen LogP contribution < -0.4 is 4.74 Å². The predicted octanol–water partition coefficient (Wildman–Crippen LogP) is 3.38. The molecule has 0 amide bonds. The van der Waals surface area contributed by atoms with Gasteiger partial charge in [0, 0.05) is 11.1 Å². The molecule has 2 aromatic carbocycles. The number of hydrogen-bond acceptors (Lipinski definition) is 5. The van der Waals surface area contributed by atoms with Gasteiger partial charge in [0.15, 0.2) is 0 Å². The first-order chi connectivity index (χ1) is 12.7. The molecule has 0 saturated carbocycles. The van der Waals surface area contributed by atoms with Crippen LogP contribution in [0.5, 0.6) is 5.75 Å². The van der Waals surface area contributed by atoms with Crippen LogP contribution in [0.15, 0.2) is 60.2 Å². The van der Waals surface area contributed by atoms with Crippen molar-refractivity contribution in [1.82, 2.24) is 0 Å². The van der Waals surface area contributed by atoms with Crippen LogP contribution in [0.25, 0.3) is 5.57 Å². The van der Waals surface area contributed by atoms with E-state index in [1.54, 1.807) is 19.9 Å². The highest BCUT2D eigenvalue weighted by molar-refractivity contribution is 6.09. The number of esters is 2. The van der Waals surface area contributed by atoms with Crippen LogP contribution >= 0.6 is 0 Å². The van der Waals surface area contributed by atoms with E-state index < -0.39 is 18.0 Å². The van der Waals surface area contributed by atoms with Gasteiger partial charge in [0.1, 0.15) is 5.75 Å². The minimum absolute atomic E-state index is 0.162. The minimum atomic E-state index is -1.17. The fraction of sp³-hybridized carbons (Fsp3) is 0.238. The van der Waals surface area contributed by atoms with Gasteiger partial charge in [-0.05, 0) is 25.5 Å². The van der Waals surface area contributed by atoms with Crippen LogP contribution in [0, 0.1) is 0 Å². The summed E-state index contributed by atoms with van der Waals surface area (Å²) in [5, 5.41) is 0. The molecule has 2 aromatic rings. The molecule has 0 fully saturated rings. The van der Waals surface area contributed by atoms with Crippen molar-refractivity contribution in [2.75, 3.05) is 13.2 Å². The van der Waals surface area contributed by atoms with Crippen molar-refractivity contribution in [1.29, 1.82) is 0 Å². The van der Waals surface area contributed by atoms with Crippen molar-refractivity contribution in [3.05, 3.63) is 71.3 Å². The Hall–Kier alpha value is -3.08. The second-order valence-corrected chi connectivity index (χ2v) is 5.62. The lowest BCUT2D eigenvalue weighted by molar-refractivity contribution is -0.153. The first-order valence-corrected chi connectivity index (χ1v) is 8.56. The van der Waals surface area contributed by atoms with E-state index in [0.717, 1.165) is 11.1 Å². The average Bonchev–Trinajstić information content (AvgIpc) is 2.67. The lowest BCUT2D eigenvalue weighted by atomic mass is 9.87. The number of ether oxygens (including phenoxy) is 3. The lowest BCUT2D eigenvalue weighted by Gasteiger charge is -2.29. The highest BCUT2D eigenvalue weighted by Gasteiger charge is 2.39. The Labute approximate surface area is 152 Å². The third-order valence-corrected chi connectivity index (χ3v) is 3.99. The number of rotatable bonds is 5. The Kier molecular flexibility index (Phi) is 5.37. The zero-order valence-electron chi connectivity index (χ0n) is 14.7. The van der Waals surface area contributed by atoms with E-state index in [9.17, 15) is 9.59 Å². The molecule has 0 unspecified atom stereocenters. The Balaban J connectivity index is 2.26. The zero-order valence-corrected chi connectivity index (χ0v) is 14.7. The fourth-order valence-corrected chi connectivity index (χ4v) is 2.96. The number of fused-ring (bicyclic) bond motifs is 1. The Bertz CT molecular complexity index is 838. The van der Waals surface area contributed by atoms with Crippen molar-refractivity contribution in [2.24, 2.45) is 0 Å². The molecule has 1 aliphatic rings. The van der Waals surface area contributed by atoms with Crippen LogP contribution in [-0.2, 0) is 19.1 Å². The van der Waals surface area contributed by atoms with Gasteiger partial charge in [-0.2, -0.15) is 0 Å². The van der Waals surface area contributed by atoms with Crippen molar-refractivity contribution >= 4 is 17.5 Å². The molecule has 5 nitrogen and oxygen atoms in total. The third kappa shape index (κ3) is 3.33. The van der Waals surface area contributed by atoms with Gasteiger partial charge < -0.3 is 14.2 Å². The number of carbonyl (C=O) groups is 2. The maximum absolute atomic E-state index is 12.7. The van der Waals surface area contributed by atoms with Gasteiger partial charge in [-0.15, -0.1) is 0 Å². The molecule has 0 N–H and O–H groups in total. The molecule has 5 heteroatoms. The summed E-state index contributed by atoms with van der Waals surface area (Å²) >= 11 is 0. The van der Waals surface area contributed by atoms with E-state index in [1.807, 2.05) is 48.5 Å². The van der Waals surface area contributed by atoms with Crippen LogP contribution in [0.1, 0.15) is 25.0 Å². The fourth-order valence-electron chi connectivity index (χ4n) is 2.96. The molecule has 0 saturated heterocycles. The Morgan fingerprint density at radius 2 is 1.58 bits per heavy atom. The van der Waals surface area contributed by atoms with E-state index >= 15 is 0 Å². The lowest BCUT2D eigenvalue weighted by Crippen LogP contribution is -2.38. The van der Waals surface area contributed by atoms with E-state index in [2.05, 4.69) is 0 Å². The van der Waals surface area contributed by atoms with Crippen LogP contribution in [0.2, 0.25) is 0 Å². The van der Waals surface area contributed by atoms with E-state index in [-0.39, 0.29) is 18.8 Å². The molecule has 0 aliphatic carbocycles. The maximum atomic E-state index is 12.7. The van der Waals surface area contributed by atoms with Crippen LogP contribution in [0.3, 0.4) is 0 Å². The summed E-state index contributed by atoms with van der Waals surface area (Å²) in [4.78, 5) is 25.3. The van der Waals surface area contributed by atoms with Crippen LogP contribution in [0.4, 0.5) is 0 Å². The second-order valence-electron chi connectivity index (χ2n) is 5.62. The summed E-state index contributed by atoms with van der Waals surface area (Å²) in [5.41, 5.74) is 2.34. The summed E-state index contributed by atoms with van der Waals surface area (Å²) in [6.45, 7) is 3.82. The maximum Gasteiger partial charge on any atom is 0.352 e. The molecule has 0 radical (unpaired) electrons. The average molecular weight is 352 g/mol. The Morgan fingerprint density at radius 3 is 2.27 bits per heavy atom. The first kappa shape index (κ1) is 17.7. The number of carbonyl (C=O) groups excluding carboxylic acids is 2. The molecule has 1 aliphatic heterocycles. The van der Waals surface area contributed by atoms with Gasteiger partial charge in [0.05, 0.1) is 18.8 Å². The molecule has 0 bridgehead atoms. The van der Waals surface area contributed by atoms with Gasteiger partial charge in [-0.3, -0.25) is 0 Å². The standard InChI is InChI=1S/C21H20O5/c1-3-24-20(22)18-17(14-10-6-5-7-11-14)15-12-8-9-13-16(15)26-19(18)21(23)25-4-2/h5-13,19H,3-4H2,1-2H3/t19-/m0/s1. The largest absolute Gasteiger partial charge is 0.473 e. The summed E-state index contributed by atoms with van der Waals surface area (Å²) < 4.78 is 16.2. The minimum Gasteiger partial charge on any atom is -0.473 e. The highest BCUT2D eigenvalue weighted by Crippen LogP contribution is 2.40. The highest BCUT2D eigenvalue weighted by atomic mass is 16.6. The van der Waals surface area contributed by atoms with E-state index in [4.69, 9.17) is 14.2 Å². The van der Waals surface area contributed by atoms with Crippen molar-refractivity contribution in [3.63, 3.8) is 0 Å². The van der Waals surface area contributed by atoms with Gasteiger partial charge in [0.2, 0.25) is 6.10 Å². The predicted molar refractivity (Wildman–Crippen MR) is 96.6 cm³/mol. The van der Waals surface area contributed by atoms with Crippen molar-refractivity contribution in [3.8, 4) is 5.75 Å². The van der Waals surface area contributed by atoms with Gasteiger partial charge in [-0.1, -0.05) is 48.5 Å². The SMILES string of the molecule is CCOC(=O)C1=C(c2ccccc2)c2ccccc2O[C@@H]1C(=O)OCC. The molecular weight excluding hydrogens is 332 g/mol. The topological polar surface area (TPSA) is 61.8 Å². The molecule has 3 rings (SSSR count). The molecule has 0 aromatic heterocycles. The molecule has 1 atom stereocenters. The normalized spacial score (nSPS) is 15.7. The molecule has 26 heavy (non-hydrogen) atoms. The summed E-state index contributed by atoms with van der Waals surface area (Å²) in [6, 6.07) is 16.7. The van der Waals surface area contributed by atoms with E-state index in [0.29, 0.717) is 11.3 Å². The van der Waals surface area contributed by atoms with E-state index in [1.165, 1.54) is 0 Å². The number of benzene rings is 2.